The Bertz CT molecular complexity index is 2310. The minimum Gasteiger partial charge on any atom is -0.768 e. The number of rotatable bonds is 8. The Morgan fingerprint density at radius 3 is 1.80 bits per heavy atom. The van der Waals surface area contributed by atoms with Crippen LogP contribution in [0.15, 0.2) is 88.6 Å². The zero-order valence-electron chi connectivity index (χ0n) is 22.1. The molecule has 238 valence electrons. The minimum atomic E-state index is -5.31. The fourth-order valence-electron chi connectivity index (χ4n) is 3.87. The lowest BCUT2D eigenvalue weighted by Crippen LogP contribution is -2.04. The molecular formula is C23H17FN5O12S4-. The van der Waals surface area contributed by atoms with Crippen molar-refractivity contribution in [2.24, 2.45) is 20.5 Å². The maximum Gasteiger partial charge on any atom is 0.296 e. The third-order valence-electron chi connectivity index (χ3n) is 5.94. The van der Waals surface area contributed by atoms with Gasteiger partial charge in [0.2, 0.25) is 0 Å². The molecule has 0 radical (unpaired) electrons. The number of nitrogens with two attached hydrogens (primary N) is 1. The van der Waals surface area contributed by atoms with Gasteiger partial charge < -0.3 is 15.4 Å². The maximum atomic E-state index is 14.0. The molecule has 0 saturated carbocycles. The van der Waals surface area contributed by atoms with Crippen molar-refractivity contribution in [3.05, 3.63) is 59.9 Å². The minimum absolute atomic E-state index is 0.0188. The largest absolute Gasteiger partial charge is 0.768 e. The van der Waals surface area contributed by atoms with Gasteiger partial charge in [-0.1, -0.05) is 0 Å². The highest BCUT2D eigenvalue weighted by atomic mass is 32.2. The molecule has 17 nitrogen and oxygen atoms in total. The van der Waals surface area contributed by atoms with E-state index in [0.29, 0.717) is 18.2 Å². The number of hydrogen-bond donors (Lipinski definition) is 5. The Morgan fingerprint density at radius 2 is 1.29 bits per heavy atom. The molecule has 4 aromatic rings. The van der Waals surface area contributed by atoms with E-state index in [1.54, 1.807) is 0 Å². The molecule has 0 aliphatic heterocycles. The highest BCUT2D eigenvalue weighted by Crippen LogP contribution is 2.48. The predicted octanol–water partition coefficient (Wildman–Crippen LogP) is 4.38. The number of anilines is 1. The van der Waals surface area contributed by atoms with E-state index in [4.69, 9.17) is 5.73 Å². The molecule has 1 unspecified atom stereocenters. The molecular weight excluding hydrogens is 686 g/mol. The predicted molar refractivity (Wildman–Crippen MR) is 153 cm³/mol. The van der Waals surface area contributed by atoms with Crippen molar-refractivity contribution in [1.29, 1.82) is 0 Å². The first kappa shape index (κ1) is 33.6. The number of hydrogen-bond acceptors (Lipinski definition) is 14. The standard InChI is InChI=1S/C23H18FN5O12S4/c1-10-6-15(16(9-14(10)24)43(33,34)35)27-29-22-18(45(39,40)41)8-11-7-17(44(36,37)38)21(20(25)19(11)23(22)30)28-26-12-2-4-13(5-3-12)42(31)32/h2-9,30H,25H2,1H3,(H,31,32)(H,33,34,35)(H,36,37,38)(H,39,40,41)/p-1. The summed E-state index contributed by atoms with van der Waals surface area (Å²) >= 11 is -2.57. The Morgan fingerprint density at radius 1 is 0.778 bits per heavy atom. The molecule has 0 spiro atoms. The number of nitrogen functional groups attached to an aromatic ring is 1. The molecule has 0 aromatic heterocycles. The Labute approximate surface area is 255 Å². The zero-order valence-corrected chi connectivity index (χ0v) is 25.3. The summed E-state index contributed by atoms with van der Waals surface area (Å²) in [5.41, 5.74) is 2.61. The average molecular weight is 703 g/mol. The van der Waals surface area contributed by atoms with Crippen LogP contribution in [-0.2, 0) is 41.4 Å². The molecule has 0 heterocycles. The lowest BCUT2D eigenvalue weighted by molar-refractivity contribution is 0.472. The van der Waals surface area contributed by atoms with Crippen molar-refractivity contribution in [2.45, 2.75) is 26.5 Å². The van der Waals surface area contributed by atoms with Gasteiger partial charge in [0, 0.05) is 4.90 Å². The van der Waals surface area contributed by atoms with Gasteiger partial charge in [0.1, 0.15) is 37.6 Å². The van der Waals surface area contributed by atoms with Crippen LogP contribution in [0.2, 0.25) is 0 Å². The summed E-state index contributed by atoms with van der Waals surface area (Å²) in [6, 6.07) is 7.10. The fraction of sp³-hybridized carbons (Fsp3) is 0.0435. The smallest absolute Gasteiger partial charge is 0.296 e. The van der Waals surface area contributed by atoms with E-state index in [-0.39, 0.29) is 16.1 Å². The first-order valence-corrected chi connectivity index (χ1v) is 17.0. The third-order valence-corrected chi connectivity index (χ3v) is 9.21. The van der Waals surface area contributed by atoms with E-state index in [1.165, 1.54) is 19.1 Å². The highest BCUT2D eigenvalue weighted by molar-refractivity contribution is 7.86. The monoisotopic (exact) mass is 702 g/mol. The van der Waals surface area contributed by atoms with Crippen LogP contribution in [0.3, 0.4) is 0 Å². The van der Waals surface area contributed by atoms with Crippen LogP contribution in [0.25, 0.3) is 10.8 Å². The number of aryl methyl sites for hydroxylation is 1. The molecule has 4 rings (SSSR count). The van der Waals surface area contributed by atoms with Crippen molar-refractivity contribution < 1.29 is 57.2 Å². The highest BCUT2D eigenvalue weighted by Gasteiger charge is 2.28. The van der Waals surface area contributed by atoms with Gasteiger partial charge in [-0.3, -0.25) is 17.9 Å². The number of azo groups is 2. The molecule has 0 fully saturated rings. The van der Waals surface area contributed by atoms with Gasteiger partial charge in [-0.05, 0) is 77.5 Å². The molecule has 6 N–H and O–H groups in total. The van der Waals surface area contributed by atoms with E-state index in [2.05, 4.69) is 20.5 Å². The van der Waals surface area contributed by atoms with Crippen LogP contribution in [0.5, 0.6) is 5.75 Å². The topological polar surface area (TPSA) is 299 Å². The first-order valence-electron chi connectivity index (χ1n) is 11.6. The number of nitrogens with zero attached hydrogens (tertiary/aromatic N) is 4. The second-order valence-electron chi connectivity index (χ2n) is 8.93. The average Bonchev–Trinajstić information content (AvgIpc) is 2.91. The summed E-state index contributed by atoms with van der Waals surface area (Å²) in [5, 5.41) is 24.5. The van der Waals surface area contributed by atoms with Crippen molar-refractivity contribution in [3.63, 3.8) is 0 Å². The lowest BCUT2D eigenvalue weighted by atomic mass is 10.1. The summed E-state index contributed by atoms with van der Waals surface area (Å²) in [5.74, 6) is -2.23. The number of fused-ring (bicyclic) bond motifs is 1. The number of phenols is 1. The van der Waals surface area contributed by atoms with E-state index < -0.39 is 101 Å². The second kappa shape index (κ2) is 11.9. The SMILES string of the molecule is Cc1cc(N=Nc2c(S(=O)(=O)O)cc3cc(S(=O)(=O)O)c(N=Nc4ccc(S(=O)[O-])cc4)c(N)c3c2O)c(S(=O)(=O)O)cc1F. The molecule has 4 aromatic carbocycles. The van der Waals surface area contributed by atoms with Crippen molar-refractivity contribution in [3.8, 4) is 5.75 Å². The lowest BCUT2D eigenvalue weighted by Gasteiger charge is -2.14. The van der Waals surface area contributed by atoms with Crippen LogP contribution in [0.4, 0.5) is 32.8 Å². The van der Waals surface area contributed by atoms with E-state index in [9.17, 15) is 57.2 Å². The normalized spacial score (nSPS) is 13.6. The van der Waals surface area contributed by atoms with Crippen molar-refractivity contribution >= 4 is 80.6 Å². The Balaban J connectivity index is 2.03. The molecule has 1 atom stereocenters. The van der Waals surface area contributed by atoms with Crippen LogP contribution in [0.1, 0.15) is 5.56 Å². The number of phenolic OH excluding ortho intramolecular Hbond substituents is 1. The van der Waals surface area contributed by atoms with Crippen molar-refractivity contribution in [2.75, 3.05) is 5.73 Å². The molecule has 45 heavy (non-hydrogen) atoms. The van der Waals surface area contributed by atoms with Gasteiger partial charge in [0.15, 0.2) is 5.75 Å². The van der Waals surface area contributed by atoms with Crippen LogP contribution < -0.4 is 5.73 Å². The zero-order chi connectivity index (χ0) is 33.6. The number of benzene rings is 4. The van der Waals surface area contributed by atoms with Gasteiger partial charge >= 0.3 is 0 Å². The number of aromatic hydroxyl groups is 1. The quantitative estimate of drug-likeness (QED) is 0.0737. The molecule has 0 saturated heterocycles. The molecule has 0 aliphatic carbocycles. The summed E-state index contributed by atoms with van der Waals surface area (Å²) in [6.45, 7) is 1.20. The van der Waals surface area contributed by atoms with E-state index >= 15 is 0 Å². The second-order valence-corrected chi connectivity index (χ2v) is 14.0. The molecule has 0 amide bonds. The van der Waals surface area contributed by atoms with Crippen LogP contribution in [0, 0.1) is 12.7 Å². The van der Waals surface area contributed by atoms with Gasteiger partial charge in [-0.15, -0.1) is 15.3 Å². The molecule has 0 bridgehead atoms. The van der Waals surface area contributed by atoms with E-state index in [1.807, 2.05) is 0 Å². The van der Waals surface area contributed by atoms with Crippen LogP contribution in [-0.4, -0.2) is 52.8 Å². The fourth-order valence-corrected chi connectivity index (χ4v) is 6.18. The summed E-state index contributed by atoms with van der Waals surface area (Å²) in [4.78, 5) is -3.42. The Kier molecular flexibility index (Phi) is 8.89. The molecule has 22 heteroatoms. The van der Waals surface area contributed by atoms with Crippen molar-refractivity contribution in [1.82, 2.24) is 0 Å². The first-order chi connectivity index (χ1) is 20.7. The summed E-state index contributed by atoms with van der Waals surface area (Å²) < 4.78 is 138. The van der Waals surface area contributed by atoms with Gasteiger partial charge in [-0.2, -0.15) is 30.4 Å². The Hall–Kier alpha value is -4.29. The van der Waals surface area contributed by atoms with Crippen LogP contribution >= 0.6 is 0 Å². The van der Waals surface area contributed by atoms with Gasteiger partial charge in [0.25, 0.3) is 30.4 Å². The summed E-state index contributed by atoms with van der Waals surface area (Å²) in [7, 11) is -15.6. The van der Waals surface area contributed by atoms with Gasteiger partial charge in [0.05, 0.1) is 16.8 Å². The van der Waals surface area contributed by atoms with E-state index in [0.717, 1.165) is 18.2 Å². The number of halogens is 1. The third kappa shape index (κ3) is 7.02. The van der Waals surface area contributed by atoms with Gasteiger partial charge in [-0.25, -0.2) is 4.39 Å². The molecule has 0 aliphatic rings. The summed E-state index contributed by atoms with van der Waals surface area (Å²) in [6.07, 6.45) is 0. The maximum absolute atomic E-state index is 14.0.